The van der Waals surface area contributed by atoms with Crippen LogP contribution in [0.25, 0.3) is 0 Å². The molecule has 9 nitrogen and oxygen atoms in total. The number of phosphoric ester groups is 1. The zero-order valence-electron chi connectivity index (χ0n) is 35.8. The molecule has 0 aliphatic heterocycles. The topological polar surface area (TPSA) is 111 Å². The molecule has 0 spiro atoms. The summed E-state index contributed by atoms with van der Waals surface area (Å²) in [7, 11) is 1.11. The molecular formula is C46H78NO8P. The van der Waals surface area contributed by atoms with Crippen molar-refractivity contribution in [3.63, 3.8) is 0 Å². The van der Waals surface area contributed by atoms with Gasteiger partial charge in [-0.15, -0.1) is 0 Å². The van der Waals surface area contributed by atoms with Crippen LogP contribution in [0.3, 0.4) is 0 Å². The number of likely N-dealkylation sites (N-methyl/N-ethyl adjacent to an activating group) is 1. The second-order valence-electron chi connectivity index (χ2n) is 14.9. The minimum absolute atomic E-state index is 0.0455. The Hall–Kier alpha value is -2.81. The number of nitrogens with zero attached hydrogens (tertiary/aromatic N) is 1. The summed E-state index contributed by atoms with van der Waals surface area (Å²) in [5.74, 6) is -0.904. The summed E-state index contributed by atoms with van der Waals surface area (Å²) in [6, 6.07) is 0. The molecule has 2 unspecified atom stereocenters. The van der Waals surface area contributed by atoms with E-state index in [0.29, 0.717) is 23.9 Å². The van der Waals surface area contributed by atoms with Gasteiger partial charge in [0.2, 0.25) is 0 Å². The van der Waals surface area contributed by atoms with Crippen molar-refractivity contribution in [2.45, 2.75) is 148 Å². The van der Waals surface area contributed by atoms with E-state index in [-0.39, 0.29) is 26.1 Å². The van der Waals surface area contributed by atoms with Gasteiger partial charge in [0.15, 0.2) is 6.10 Å². The molecular weight excluding hydrogens is 725 g/mol. The van der Waals surface area contributed by atoms with Gasteiger partial charge in [0.25, 0.3) is 7.82 Å². The monoisotopic (exact) mass is 804 g/mol. The predicted molar refractivity (Wildman–Crippen MR) is 231 cm³/mol. The maximum Gasteiger partial charge on any atom is 0.306 e. The molecule has 10 heteroatoms. The molecule has 0 saturated heterocycles. The standard InChI is InChI=1S/C46H78NO8P/c1-6-8-10-12-14-16-18-20-22-23-25-26-28-30-32-34-36-38-45(48)52-42-44(43-54-56(50,51)53-41-40-47(3,4)5)55-46(49)39-37-35-33-31-29-27-24-21-19-17-15-13-11-9-7-2/h8-11,14-17,20-22,24,29,31,44H,6-7,12-13,18-19,23,25-28,30,32-43H2,1-5H3/b10-8-,11-9-,16-14-,17-15-,22-20-,24-21-,31-29-. The number of ether oxygens (including phenoxy) is 2. The Kier molecular flexibility index (Phi) is 35.9. The van der Waals surface area contributed by atoms with Crippen LogP contribution in [-0.4, -0.2) is 70.0 Å². The fourth-order valence-electron chi connectivity index (χ4n) is 5.13. The van der Waals surface area contributed by atoms with Crippen molar-refractivity contribution >= 4 is 19.8 Å². The molecule has 56 heavy (non-hydrogen) atoms. The first-order valence-electron chi connectivity index (χ1n) is 21.3. The largest absolute Gasteiger partial charge is 0.756 e. The second kappa shape index (κ2) is 37.7. The van der Waals surface area contributed by atoms with Gasteiger partial charge < -0.3 is 27.9 Å². The number of phosphoric acid groups is 1. The Morgan fingerprint density at radius 1 is 0.554 bits per heavy atom. The smallest absolute Gasteiger partial charge is 0.306 e. The predicted octanol–water partition coefficient (Wildman–Crippen LogP) is 11.4. The maximum atomic E-state index is 12.6. The molecule has 0 saturated carbocycles. The van der Waals surface area contributed by atoms with Gasteiger partial charge in [-0.3, -0.25) is 14.2 Å². The summed E-state index contributed by atoms with van der Waals surface area (Å²) in [6.45, 7) is 3.91. The third kappa shape index (κ3) is 40.8. The fourth-order valence-corrected chi connectivity index (χ4v) is 5.86. The zero-order valence-corrected chi connectivity index (χ0v) is 36.7. The SMILES string of the molecule is CC/C=C\C/C=C\C/C=C\C/C=C\CCCCC(=O)OC(COC(=O)CCCCCCCCC/C=C\C/C=C\C/C=C\CC)COP(=O)([O-])OCC[N+](C)(C)C. The molecule has 0 aliphatic rings. The van der Waals surface area contributed by atoms with E-state index in [1.807, 2.05) is 21.1 Å². The van der Waals surface area contributed by atoms with E-state index in [2.05, 4.69) is 98.9 Å². The number of carbonyl (C=O) groups is 2. The van der Waals surface area contributed by atoms with Crippen molar-refractivity contribution in [3.05, 3.63) is 85.1 Å². The Balaban J connectivity index is 4.47. The minimum atomic E-state index is -4.64. The second-order valence-corrected chi connectivity index (χ2v) is 16.4. The van der Waals surface area contributed by atoms with E-state index in [1.54, 1.807) is 0 Å². The van der Waals surface area contributed by atoms with Crippen LogP contribution < -0.4 is 4.89 Å². The van der Waals surface area contributed by atoms with E-state index < -0.39 is 32.5 Å². The first-order valence-corrected chi connectivity index (χ1v) is 22.8. The van der Waals surface area contributed by atoms with Crippen LogP contribution >= 0.6 is 7.82 Å². The molecule has 0 N–H and O–H groups in total. The summed E-state index contributed by atoms with van der Waals surface area (Å²) in [5, 5.41) is 0. The minimum Gasteiger partial charge on any atom is -0.756 e. The Morgan fingerprint density at radius 2 is 0.964 bits per heavy atom. The van der Waals surface area contributed by atoms with Gasteiger partial charge in [0.1, 0.15) is 19.8 Å². The molecule has 0 aromatic carbocycles. The average molecular weight is 804 g/mol. The van der Waals surface area contributed by atoms with Crippen molar-refractivity contribution in [3.8, 4) is 0 Å². The third-order valence-corrected chi connectivity index (χ3v) is 9.37. The highest BCUT2D eigenvalue weighted by molar-refractivity contribution is 7.45. The van der Waals surface area contributed by atoms with Crippen LogP contribution in [0.5, 0.6) is 0 Å². The lowest BCUT2D eigenvalue weighted by Crippen LogP contribution is -2.37. The quantitative estimate of drug-likeness (QED) is 0.0201. The van der Waals surface area contributed by atoms with Crippen LogP contribution in [0.2, 0.25) is 0 Å². The highest BCUT2D eigenvalue weighted by Gasteiger charge is 2.21. The Labute approximate surface area is 341 Å². The first kappa shape index (κ1) is 53.2. The summed E-state index contributed by atoms with van der Waals surface area (Å²) in [6.07, 6.45) is 47.6. The van der Waals surface area contributed by atoms with E-state index in [9.17, 15) is 19.0 Å². The number of unbranched alkanes of at least 4 members (excludes halogenated alkanes) is 9. The molecule has 2 atom stereocenters. The maximum absolute atomic E-state index is 12.6. The Bertz CT molecular complexity index is 1230. The van der Waals surface area contributed by atoms with Gasteiger partial charge in [-0.1, -0.05) is 131 Å². The molecule has 0 rings (SSSR count). The molecule has 0 aromatic heterocycles. The highest BCUT2D eigenvalue weighted by atomic mass is 31.2. The van der Waals surface area contributed by atoms with Crippen molar-refractivity contribution in [1.82, 2.24) is 0 Å². The van der Waals surface area contributed by atoms with Crippen LogP contribution in [0.15, 0.2) is 85.1 Å². The lowest BCUT2D eigenvalue weighted by atomic mass is 10.1. The van der Waals surface area contributed by atoms with Crippen LogP contribution in [0.1, 0.15) is 142 Å². The average Bonchev–Trinajstić information content (AvgIpc) is 3.15. The third-order valence-electron chi connectivity index (χ3n) is 8.41. The highest BCUT2D eigenvalue weighted by Crippen LogP contribution is 2.38. The number of rotatable bonds is 37. The van der Waals surface area contributed by atoms with Crippen molar-refractivity contribution < 1.29 is 42.1 Å². The van der Waals surface area contributed by atoms with Gasteiger partial charge in [0, 0.05) is 12.8 Å². The van der Waals surface area contributed by atoms with Crippen molar-refractivity contribution in [1.29, 1.82) is 0 Å². The number of carbonyl (C=O) groups excluding carboxylic acids is 2. The molecule has 0 fully saturated rings. The van der Waals surface area contributed by atoms with Crippen molar-refractivity contribution in [2.24, 2.45) is 0 Å². The van der Waals surface area contributed by atoms with E-state index >= 15 is 0 Å². The Morgan fingerprint density at radius 3 is 1.46 bits per heavy atom. The van der Waals surface area contributed by atoms with E-state index in [4.69, 9.17) is 18.5 Å². The molecule has 0 aromatic rings. The van der Waals surface area contributed by atoms with Gasteiger partial charge >= 0.3 is 11.9 Å². The summed E-state index contributed by atoms with van der Waals surface area (Å²) >= 11 is 0. The van der Waals surface area contributed by atoms with Crippen LogP contribution in [0.4, 0.5) is 0 Å². The number of hydrogen-bond acceptors (Lipinski definition) is 8. The molecule has 0 bridgehead atoms. The van der Waals surface area contributed by atoms with Gasteiger partial charge in [-0.2, -0.15) is 0 Å². The van der Waals surface area contributed by atoms with Gasteiger partial charge in [0.05, 0.1) is 27.7 Å². The number of quaternary nitrogens is 1. The molecule has 320 valence electrons. The molecule has 0 aliphatic carbocycles. The van der Waals surface area contributed by atoms with E-state index in [1.165, 1.54) is 19.3 Å². The summed E-state index contributed by atoms with van der Waals surface area (Å²) in [5.41, 5.74) is 0. The first-order chi connectivity index (χ1) is 27.0. The lowest BCUT2D eigenvalue weighted by Gasteiger charge is -2.28. The van der Waals surface area contributed by atoms with Gasteiger partial charge in [-0.25, -0.2) is 0 Å². The lowest BCUT2D eigenvalue weighted by molar-refractivity contribution is -0.870. The van der Waals surface area contributed by atoms with E-state index in [0.717, 1.165) is 83.5 Å². The molecule has 0 radical (unpaired) electrons. The number of allylic oxidation sites excluding steroid dienone is 14. The number of esters is 2. The van der Waals surface area contributed by atoms with Crippen LogP contribution in [-0.2, 0) is 32.7 Å². The normalized spacial score (nSPS) is 14.5. The zero-order chi connectivity index (χ0) is 41.4. The number of hydrogen-bond donors (Lipinski definition) is 0. The summed E-state index contributed by atoms with van der Waals surface area (Å²) < 4.78 is 33.8. The molecule has 0 heterocycles. The molecule has 0 amide bonds. The van der Waals surface area contributed by atoms with Crippen LogP contribution in [0, 0.1) is 0 Å². The van der Waals surface area contributed by atoms with Gasteiger partial charge in [-0.05, 0) is 83.5 Å². The summed E-state index contributed by atoms with van der Waals surface area (Å²) in [4.78, 5) is 37.5. The fraction of sp³-hybridized carbons (Fsp3) is 0.652. The van der Waals surface area contributed by atoms with Crippen molar-refractivity contribution in [2.75, 3.05) is 47.5 Å².